The second-order valence-corrected chi connectivity index (χ2v) is 16.6. The van der Waals surface area contributed by atoms with Crippen LogP contribution < -0.4 is 0 Å². The molecule has 9 rings (SSSR count). The van der Waals surface area contributed by atoms with E-state index in [0.717, 1.165) is 67.1 Å². The van der Waals surface area contributed by atoms with Crippen LogP contribution in [0.2, 0.25) is 0 Å². The maximum atomic E-state index is 13.9. The van der Waals surface area contributed by atoms with Crippen LogP contribution in [0.3, 0.4) is 0 Å². The minimum atomic E-state index is -1.18. The molecule has 305 valence electrons. The van der Waals surface area contributed by atoms with Gasteiger partial charge in [0, 0.05) is 49.4 Å². The van der Waals surface area contributed by atoms with Crippen molar-refractivity contribution in [2.24, 2.45) is 0 Å². The predicted molar refractivity (Wildman–Crippen MR) is 235 cm³/mol. The number of carboxylic acid groups (broad SMARTS) is 1. The van der Waals surface area contributed by atoms with E-state index in [0.29, 0.717) is 17.5 Å². The van der Waals surface area contributed by atoms with Crippen molar-refractivity contribution in [1.82, 2.24) is 19.5 Å². The standard InChI is InChI=1S/C35H30N3O.C16H15FNO2.Ir/c1-20(2)25-12-8-13-26(21(3)4)33(25)38-30-16-17-36-22(5)32(30)37-35(38)28-15-9-14-27-29-18-23-10-6-7-11-24(23)19-31(29)39-34(27)28;1-16(2,3)11-5-7-14(18-9-11)12-6-4-10(15(19)20)8-13(12)17;/h6-14,16-21H,1-5H3;4-5,7-9H,1-3H3,(H,19,20);/q2*-1;. The van der Waals surface area contributed by atoms with E-state index in [4.69, 9.17) is 14.5 Å². The summed E-state index contributed by atoms with van der Waals surface area (Å²) in [6.07, 6.45) is 3.58. The van der Waals surface area contributed by atoms with E-state index in [1.165, 1.54) is 28.3 Å². The number of hydrogen-bond donors (Lipinski definition) is 1. The van der Waals surface area contributed by atoms with E-state index < -0.39 is 11.8 Å². The number of imidazole rings is 1. The second-order valence-electron chi connectivity index (χ2n) is 16.6. The summed E-state index contributed by atoms with van der Waals surface area (Å²) in [5.74, 6) is -0.315. The van der Waals surface area contributed by atoms with Gasteiger partial charge in [-0.2, -0.15) is 0 Å². The summed E-state index contributed by atoms with van der Waals surface area (Å²) in [5, 5.41) is 13.3. The number of rotatable bonds is 6. The summed E-state index contributed by atoms with van der Waals surface area (Å²) in [6, 6.07) is 37.6. The van der Waals surface area contributed by atoms with Gasteiger partial charge in [-0.25, -0.2) is 0 Å². The SMILES string of the molecule is CC(C)(C)c1ccc(-c2[c-]cc(C(=O)O)cc2F)nc1.Cc1nccc2c1nc(-c1[c-]ccc3c1oc1cc4ccccc4cc13)n2-c1c(C(C)C)cccc1C(C)C.[Ir]. The summed E-state index contributed by atoms with van der Waals surface area (Å²) in [7, 11) is 0. The van der Waals surface area contributed by atoms with E-state index in [-0.39, 0.29) is 36.6 Å². The topological polar surface area (TPSA) is 94.0 Å². The van der Waals surface area contributed by atoms with Crippen molar-refractivity contribution in [3.8, 4) is 28.3 Å². The van der Waals surface area contributed by atoms with Gasteiger partial charge in [-0.1, -0.05) is 126 Å². The van der Waals surface area contributed by atoms with Gasteiger partial charge in [-0.15, -0.1) is 30.3 Å². The van der Waals surface area contributed by atoms with Crippen molar-refractivity contribution in [2.45, 2.75) is 72.6 Å². The molecule has 0 atom stereocenters. The van der Waals surface area contributed by atoms with Crippen molar-refractivity contribution in [1.29, 1.82) is 0 Å². The molecule has 0 fully saturated rings. The van der Waals surface area contributed by atoms with Crippen LogP contribution in [-0.4, -0.2) is 30.6 Å². The van der Waals surface area contributed by atoms with E-state index in [1.807, 2.05) is 25.3 Å². The molecule has 0 aliphatic rings. The number of benzene rings is 5. The van der Waals surface area contributed by atoms with Crippen molar-refractivity contribution in [3.05, 3.63) is 155 Å². The smallest absolute Gasteiger partial charge is 0.292 e. The normalized spacial score (nSPS) is 11.7. The minimum Gasteiger partial charge on any atom is -0.501 e. The van der Waals surface area contributed by atoms with Crippen molar-refractivity contribution in [3.63, 3.8) is 0 Å². The summed E-state index contributed by atoms with van der Waals surface area (Å²) in [4.78, 5) is 24.8. The number of pyridine rings is 2. The molecule has 0 aliphatic heterocycles. The first-order valence-corrected chi connectivity index (χ1v) is 19.9. The van der Waals surface area contributed by atoms with Crippen LogP contribution in [0.4, 0.5) is 4.39 Å². The molecule has 1 radical (unpaired) electrons. The summed E-state index contributed by atoms with van der Waals surface area (Å²) in [5.41, 5.74) is 10.7. The summed E-state index contributed by atoms with van der Waals surface area (Å²) in [6.45, 7) is 17.2. The Balaban J connectivity index is 0.000000220. The molecule has 0 unspecified atom stereocenters. The van der Waals surface area contributed by atoms with Gasteiger partial charge in [0.25, 0.3) is 5.97 Å². The van der Waals surface area contributed by atoms with E-state index in [1.54, 1.807) is 12.3 Å². The molecule has 0 saturated carbocycles. The fraction of sp³-hybridized carbons (Fsp3) is 0.216. The van der Waals surface area contributed by atoms with Gasteiger partial charge in [0.2, 0.25) is 0 Å². The van der Waals surface area contributed by atoms with Crippen LogP contribution in [0.15, 0.2) is 114 Å². The first-order valence-electron chi connectivity index (χ1n) is 19.9. The number of aromatic nitrogens is 4. The Bertz CT molecular complexity index is 3020. The molecule has 1 N–H and O–H groups in total. The van der Waals surface area contributed by atoms with Crippen LogP contribution in [0.5, 0.6) is 0 Å². The molecular formula is C51H45FIrN4O3-2. The largest absolute Gasteiger partial charge is 0.501 e. The number of fused-ring (bicyclic) bond motifs is 5. The summed E-state index contributed by atoms with van der Waals surface area (Å²) < 4.78 is 22.8. The average molecular weight is 973 g/mol. The molecule has 0 aliphatic carbocycles. The quantitative estimate of drug-likeness (QED) is 0.167. The van der Waals surface area contributed by atoms with Gasteiger partial charge in [-0.05, 0) is 81.1 Å². The fourth-order valence-corrected chi connectivity index (χ4v) is 7.66. The van der Waals surface area contributed by atoms with Crippen molar-refractivity contribution in [2.75, 3.05) is 0 Å². The molecule has 9 heteroatoms. The molecular weight excluding hydrogens is 928 g/mol. The molecule has 0 saturated heterocycles. The van der Waals surface area contributed by atoms with Crippen LogP contribution in [0, 0.1) is 24.9 Å². The molecule has 4 aromatic heterocycles. The molecule has 7 nitrogen and oxygen atoms in total. The van der Waals surface area contributed by atoms with Gasteiger partial charge in [0.1, 0.15) is 5.58 Å². The van der Waals surface area contributed by atoms with E-state index >= 15 is 0 Å². The molecule has 0 bridgehead atoms. The zero-order chi connectivity index (χ0) is 41.7. The Morgan fingerprint density at radius 2 is 1.53 bits per heavy atom. The number of halogens is 1. The van der Waals surface area contributed by atoms with Crippen LogP contribution >= 0.6 is 0 Å². The Kier molecular flexibility index (Phi) is 11.6. The number of aromatic carboxylic acids is 1. The molecule has 9 aromatic rings. The number of para-hydroxylation sites is 1. The Morgan fingerprint density at radius 1 is 0.833 bits per heavy atom. The minimum absolute atomic E-state index is 0. The van der Waals surface area contributed by atoms with Gasteiger partial charge in [0.15, 0.2) is 0 Å². The maximum Gasteiger partial charge on any atom is 0.292 e. The molecule has 0 amide bonds. The van der Waals surface area contributed by atoms with E-state index in [9.17, 15) is 9.18 Å². The molecule has 60 heavy (non-hydrogen) atoms. The third kappa shape index (κ3) is 7.76. The van der Waals surface area contributed by atoms with Crippen molar-refractivity contribution < 1.29 is 38.8 Å². The van der Waals surface area contributed by atoms with Crippen LogP contribution in [0.1, 0.15) is 93.0 Å². The van der Waals surface area contributed by atoms with Crippen LogP contribution in [-0.2, 0) is 25.5 Å². The first-order chi connectivity index (χ1) is 28.2. The predicted octanol–water partition coefficient (Wildman–Crippen LogP) is 13.2. The average Bonchev–Trinajstić information content (AvgIpc) is 3.78. The monoisotopic (exact) mass is 973 g/mol. The first kappa shape index (κ1) is 42.1. The number of furan rings is 1. The number of nitrogens with zero attached hydrogens (tertiary/aromatic N) is 4. The number of aryl methyl sites for hydroxylation is 1. The maximum absolute atomic E-state index is 13.9. The van der Waals surface area contributed by atoms with Gasteiger partial charge >= 0.3 is 0 Å². The number of carbonyl (C=O) groups is 1. The second kappa shape index (κ2) is 16.6. The molecule has 0 spiro atoms. The zero-order valence-corrected chi connectivity index (χ0v) is 37.2. The zero-order valence-electron chi connectivity index (χ0n) is 34.8. The summed E-state index contributed by atoms with van der Waals surface area (Å²) >= 11 is 0. The molecule has 5 aromatic carbocycles. The Morgan fingerprint density at radius 3 is 2.15 bits per heavy atom. The molecule has 4 heterocycles. The fourth-order valence-electron chi connectivity index (χ4n) is 7.66. The van der Waals surface area contributed by atoms with Gasteiger partial charge in [-0.3, -0.25) is 19.2 Å². The Labute approximate surface area is 362 Å². The van der Waals surface area contributed by atoms with Crippen LogP contribution in [0.25, 0.3) is 72.1 Å². The van der Waals surface area contributed by atoms with Gasteiger partial charge in [0.05, 0.1) is 28.1 Å². The third-order valence-electron chi connectivity index (χ3n) is 10.9. The van der Waals surface area contributed by atoms with E-state index in [2.05, 4.69) is 142 Å². The van der Waals surface area contributed by atoms with Gasteiger partial charge < -0.3 is 19.1 Å². The number of carboxylic acids is 1. The third-order valence-corrected chi connectivity index (χ3v) is 10.9. The Hall–Kier alpha value is -6.02. The number of hydrogen-bond acceptors (Lipinski definition) is 5. The van der Waals surface area contributed by atoms with Crippen molar-refractivity contribution >= 4 is 49.7 Å².